The van der Waals surface area contributed by atoms with Crippen molar-refractivity contribution in [3.8, 4) is 5.75 Å². The van der Waals surface area contributed by atoms with Gasteiger partial charge in [-0.2, -0.15) is 0 Å². The smallest absolute Gasteiger partial charge is 0.174 e. The van der Waals surface area contributed by atoms with E-state index in [1.165, 1.54) is 0 Å². The number of thioether (sulfide) groups is 1. The maximum Gasteiger partial charge on any atom is 0.174 e. The molecule has 1 aromatic rings. The maximum absolute atomic E-state index is 8.84. The predicted molar refractivity (Wildman–Crippen MR) is 71.1 cm³/mol. The molecular weight excluding hydrogens is 236 g/mol. The van der Waals surface area contributed by atoms with Gasteiger partial charge < -0.3 is 15.7 Å². The number of nitrogens with two attached hydrogens (primary N) is 1. The van der Waals surface area contributed by atoms with Crippen molar-refractivity contribution in [3.63, 3.8) is 0 Å². The van der Waals surface area contributed by atoms with Crippen LogP contribution in [0.4, 0.5) is 0 Å². The second-order valence-electron chi connectivity index (χ2n) is 3.71. The van der Waals surface area contributed by atoms with Gasteiger partial charge in [0.25, 0.3) is 0 Å². The van der Waals surface area contributed by atoms with Crippen LogP contribution in [-0.4, -0.2) is 22.9 Å². The lowest BCUT2D eigenvalue weighted by atomic mass is 10.2. The Labute approximate surface area is 106 Å². The monoisotopic (exact) mass is 254 g/mol. The fraction of sp³-hybridized carbons (Fsp3) is 0.417. The summed E-state index contributed by atoms with van der Waals surface area (Å²) in [5.74, 6) is 1.64. The topological polar surface area (TPSA) is 67.8 Å². The van der Waals surface area contributed by atoms with Crippen LogP contribution >= 0.6 is 11.8 Å². The fourth-order valence-electron chi connectivity index (χ4n) is 1.44. The Kier molecular flexibility index (Phi) is 5.15. The molecule has 0 radical (unpaired) electrons. The summed E-state index contributed by atoms with van der Waals surface area (Å²) in [6.07, 6.45) is 0.0436. The summed E-state index contributed by atoms with van der Waals surface area (Å²) >= 11 is 1.63. The summed E-state index contributed by atoms with van der Waals surface area (Å²) in [7, 11) is 0. The largest absolute Gasteiger partial charge is 0.490 e. The molecule has 0 amide bonds. The lowest BCUT2D eigenvalue weighted by molar-refractivity contribution is 0.241. The Morgan fingerprint density at radius 2 is 2.24 bits per heavy atom. The number of nitrogens with zero attached hydrogens (tertiary/aromatic N) is 1. The first kappa shape index (κ1) is 13.7. The molecule has 0 saturated carbocycles. The van der Waals surface area contributed by atoms with Crippen LogP contribution in [-0.2, 0) is 0 Å². The van der Waals surface area contributed by atoms with E-state index in [0.29, 0.717) is 11.3 Å². The van der Waals surface area contributed by atoms with E-state index in [1.54, 1.807) is 11.8 Å². The number of rotatable bonds is 5. The highest BCUT2D eigenvalue weighted by atomic mass is 32.2. The lowest BCUT2D eigenvalue weighted by Gasteiger charge is -2.16. The molecule has 0 aliphatic rings. The second kappa shape index (κ2) is 6.39. The predicted octanol–water partition coefficient (Wildman–Crippen LogP) is 2.68. The van der Waals surface area contributed by atoms with Crippen molar-refractivity contribution >= 4 is 17.6 Å². The molecule has 0 aliphatic heterocycles. The standard InChI is InChI=1S/C12H18N2O2S/c1-4-17-10-7-5-6-9(16-8(2)3)11(10)12(13)14-15/h5-8,15H,4H2,1-3H3,(H2,13,14). The van der Waals surface area contributed by atoms with E-state index in [9.17, 15) is 0 Å². The van der Waals surface area contributed by atoms with Gasteiger partial charge in [0.1, 0.15) is 5.75 Å². The normalized spacial score (nSPS) is 11.9. The number of hydrogen-bond acceptors (Lipinski definition) is 4. The zero-order chi connectivity index (χ0) is 12.8. The average Bonchev–Trinajstić information content (AvgIpc) is 2.28. The van der Waals surface area contributed by atoms with Crippen molar-refractivity contribution in [1.29, 1.82) is 0 Å². The van der Waals surface area contributed by atoms with E-state index in [1.807, 2.05) is 32.0 Å². The Hall–Kier alpha value is -1.36. The van der Waals surface area contributed by atoms with E-state index < -0.39 is 0 Å². The third kappa shape index (κ3) is 3.56. The van der Waals surface area contributed by atoms with Crippen LogP contribution in [0.15, 0.2) is 28.3 Å². The second-order valence-corrected chi connectivity index (χ2v) is 5.02. The molecule has 0 spiro atoms. The molecule has 0 heterocycles. The number of amidine groups is 1. The van der Waals surface area contributed by atoms with E-state index in [-0.39, 0.29) is 11.9 Å². The van der Waals surface area contributed by atoms with Crippen molar-refractivity contribution in [2.75, 3.05) is 5.75 Å². The first-order valence-corrected chi connectivity index (χ1v) is 6.49. The molecule has 5 heteroatoms. The van der Waals surface area contributed by atoms with Crippen molar-refractivity contribution in [2.24, 2.45) is 10.9 Å². The molecule has 17 heavy (non-hydrogen) atoms. The maximum atomic E-state index is 8.84. The molecule has 4 nitrogen and oxygen atoms in total. The molecule has 94 valence electrons. The van der Waals surface area contributed by atoms with Crippen molar-refractivity contribution in [2.45, 2.75) is 31.8 Å². The molecule has 0 aromatic heterocycles. The first-order chi connectivity index (χ1) is 8.10. The lowest BCUT2D eigenvalue weighted by Crippen LogP contribution is -2.18. The number of hydrogen-bond donors (Lipinski definition) is 2. The molecule has 0 fully saturated rings. The summed E-state index contributed by atoms with van der Waals surface area (Å²) in [6, 6.07) is 5.67. The van der Waals surface area contributed by atoms with Gasteiger partial charge in [-0.1, -0.05) is 18.1 Å². The van der Waals surface area contributed by atoms with Crippen LogP contribution in [0.1, 0.15) is 26.3 Å². The van der Waals surface area contributed by atoms with Crippen LogP contribution in [0.3, 0.4) is 0 Å². The van der Waals surface area contributed by atoms with Gasteiger partial charge in [-0.15, -0.1) is 11.8 Å². The summed E-state index contributed by atoms with van der Waals surface area (Å²) < 4.78 is 5.67. The van der Waals surface area contributed by atoms with Crippen molar-refractivity contribution in [3.05, 3.63) is 23.8 Å². The van der Waals surface area contributed by atoms with Crippen LogP contribution in [0.25, 0.3) is 0 Å². The van der Waals surface area contributed by atoms with Crippen LogP contribution in [0.5, 0.6) is 5.75 Å². The molecule has 1 rings (SSSR count). The SMILES string of the molecule is CCSc1cccc(OC(C)C)c1/C(N)=N/O. The Balaban J connectivity index is 3.24. The number of oxime groups is 1. The summed E-state index contributed by atoms with van der Waals surface area (Å²) in [4.78, 5) is 0.959. The summed E-state index contributed by atoms with van der Waals surface area (Å²) in [5, 5.41) is 11.9. The third-order valence-electron chi connectivity index (χ3n) is 2.01. The first-order valence-electron chi connectivity index (χ1n) is 5.50. The van der Waals surface area contributed by atoms with E-state index in [2.05, 4.69) is 12.1 Å². The third-order valence-corrected chi connectivity index (χ3v) is 2.95. The fourth-order valence-corrected chi connectivity index (χ4v) is 2.28. The van der Waals surface area contributed by atoms with Gasteiger partial charge in [0.15, 0.2) is 5.84 Å². The van der Waals surface area contributed by atoms with Crippen LogP contribution in [0, 0.1) is 0 Å². The Morgan fingerprint density at radius 3 is 2.76 bits per heavy atom. The summed E-state index contributed by atoms with van der Waals surface area (Å²) in [5.41, 5.74) is 6.37. The Bertz CT molecular complexity index is 405. The van der Waals surface area contributed by atoms with E-state index in [0.717, 1.165) is 10.6 Å². The van der Waals surface area contributed by atoms with Gasteiger partial charge in [0.05, 0.1) is 11.7 Å². The summed E-state index contributed by atoms with van der Waals surface area (Å²) in [6.45, 7) is 5.93. The molecule has 1 aromatic carbocycles. The van der Waals surface area contributed by atoms with Crippen molar-refractivity contribution in [1.82, 2.24) is 0 Å². The highest BCUT2D eigenvalue weighted by Crippen LogP contribution is 2.30. The molecular formula is C12H18N2O2S. The van der Waals surface area contributed by atoms with Crippen LogP contribution in [0.2, 0.25) is 0 Å². The van der Waals surface area contributed by atoms with Gasteiger partial charge in [-0.25, -0.2) is 0 Å². The number of benzene rings is 1. The van der Waals surface area contributed by atoms with Gasteiger partial charge in [0.2, 0.25) is 0 Å². The highest BCUT2D eigenvalue weighted by molar-refractivity contribution is 7.99. The van der Waals surface area contributed by atoms with E-state index in [4.69, 9.17) is 15.7 Å². The zero-order valence-electron chi connectivity index (χ0n) is 10.3. The number of ether oxygens (including phenoxy) is 1. The molecule has 0 unspecified atom stereocenters. The minimum atomic E-state index is 0.0436. The average molecular weight is 254 g/mol. The van der Waals surface area contributed by atoms with Gasteiger partial charge >= 0.3 is 0 Å². The zero-order valence-corrected chi connectivity index (χ0v) is 11.1. The molecule has 0 bridgehead atoms. The minimum Gasteiger partial charge on any atom is -0.490 e. The minimum absolute atomic E-state index is 0.0436. The van der Waals surface area contributed by atoms with Crippen LogP contribution < -0.4 is 10.5 Å². The molecule has 0 atom stereocenters. The van der Waals surface area contributed by atoms with Gasteiger partial charge in [-0.05, 0) is 31.7 Å². The van der Waals surface area contributed by atoms with Gasteiger partial charge in [-0.3, -0.25) is 0 Å². The molecule has 3 N–H and O–H groups in total. The van der Waals surface area contributed by atoms with Crippen molar-refractivity contribution < 1.29 is 9.94 Å². The highest BCUT2D eigenvalue weighted by Gasteiger charge is 2.14. The van der Waals surface area contributed by atoms with E-state index >= 15 is 0 Å². The molecule has 0 saturated heterocycles. The molecule has 0 aliphatic carbocycles. The van der Waals surface area contributed by atoms with Gasteiger partial charge in [0, 0.05) is 4.90 Å². The Morgan fingerprint density at radius 1 is 1.53 bits per heavy atom. The quantitative estimate of drug-likeness (QED) is 0.279.